The van der Waals surface area contributed by atoms with Crippen LogP contribution in [-0.2, 0) is 18.3 Å². The summed E-state index contributed by atoms with van der Waals surface area (Å²) >= 11 is 11.8. The summed E-state index contributed by atoms with van der Waals surface area (Å²) in [7, 11) is 2.08. The molecule has 2 rings (SSSR count). The number of carbonyl (C=O) groups excluding carboxylic acids is 1. The lowest BCUT2D eigenvalue weighted by Gasteiger charge is -2.22. The van der Waals surface area contributed by atoms with Crippen LogP contribution in [0, 0.1) is 0 Å². The lowest BCUT2D eigenvalue weighted by Crippen LogP contribution is -2.27. The quantitative estimate of drug-likeness (QED) is 0.306. The summed E-state index contributed by atoms with van der Waals surface area (Å²) in [6, 6.07) is 6.37. The monoisotopic (exact) mass is 383 g/mol. The van der Waals surface area contributed by atoms with Crippen molar-refractivity contribution in [3.8, 4) is 0 Å². The Kier molecular flexibility index (Phi) is 8.56. The lowest BCUT2D eigenvalue weighted by atomic mass is 10.1. The maximum atomic E-state index is 10.3. The van der Waals surface area contributed by atoms with Crippen LogP contribution in [0.4, 0.5) is 5.69 Å². The molecular weight excluding hydrogens is 357 g/mol. The Morgan fingerprint density at radius 2 is 1.84 bits per heavy atom. The van der Waals surface area contributed by atoms with E-state index in [4.69, 9.17) is 28.2 Å². The largest absolute Gasteiger partial charge is 0.369 e. The molecule has 0 aliphatic carbocycles. The molecule has 0 aliphatic rings. The Labute approximate surface area is 160 Å². The number of nitrogens with zero attached hydrogens (tertiary/aromatic N) is 3. The van der Waals surface area contributed by atoms with E-state index in [9.17, 15) is 4.79 Å². The van der Waals surface area contributed by atoms with Gasteiger partial charge in [0.15, 0.2) is 0 Å². The van der Waals surface area contributed by atoms with Crippen LogP contribution in [0.1, 0.15) is 37.9 Å². The van der Waals surface area contributed by atoms with E-state index < -0.39 is 0 Å². The highest BCUT2D eigenvalue weighted by Crippen LogP contribution is 2.23. The standard InChI is InChI=1S/C19H27Cl2N3O/c1-23-18-9-8-16(24(12-10-20)13-11-21)15-17(18)22-19(23)7-5-3-2-4-6-14-25/h8-9,14-15H,2-7,10-13H2,1H3. The number of hydrogen-bond acceptors (Lipinski definition) is 3. The van der Waals surface area contributed by atoms with Gasteiger partial charge in [-0.2, -0.15) is 0 Å². The SMILES string of the molecule is Cn1c(CCCCCCC=O)nc2cc(N(CCCl)CCCl)ccc21. The zero-order valence-corrected chi connectivity index (χ0v) is 16.4. The maximum Gasteiger partial charge on any atom is 0.119 e. The van der Waals surface area contributed by atoms with E-state index in [-0.39, 0.29) is 0 Å². The predicted molar refractivity (Wildman–Crippen MR) is 107 cm³/mol. The van der Waals surface area contributed by atoms with Gasteiger partial charge >= 0.3 is 0 Å². The molecule has 6 heteroatoms. The average Bonchev–Trinajstić information content (AvgIpc) is 2.93. The van der Waals surface area contributed by atoms with Gasteiger partial charge in [-0.25, -0.2) is 4.98 Å². The third-order valence-corrected chi connectivity index (χ3v) is 4.84. The fourth-order valence-corrected chi connectivity index (χ4v) is 3.50. The van der Waals surface area contributed by atoms with E-state index in [2.05, 4.69) is 34.7 Å². The summed E-state index contributed by atoms with van der Waals surface area (Å²) < 4.78 is 2.18. The van der Waals surface area contributed by atoms with Gasteiger partial charge in [-0.15, -0.1) is 23.2 Å². The minimum absolute atomic E-state index is 0.576. The number of imidazole rings is 1. The van der Waals surface area contributed by atoms with Gasteiger partial charge in [-0.3, -0.25) is 0 Å². The summed E-state index contributed by atoms with van der Waals surface area (Å²) in [4.78, 5) is 17.3. The van der Waals surface area contributed by atoms with Gasteiger partial charge in [-0.1, -0.05) is 12.8 Å². The Balaban J connectivity index is 2.05. The zero-order valence-electron chi connectivity index (χ0n) is 14.9. The van der Waals surface area contributed by atoms with Crippen molar-refractivity contribution in [1.82, 2.24) is 9.55 Å². The van der Waals surface area contributed by atoms with Crippen molar-refractivity contribution in [3.05, 3.63) is 24.0 Å². The molecule has 2 aromatic rings. The van der Waals surface area contributed by atoms with E-state index in [0.717, 1.165) is 74.0 Å². The molecule has 4 nitrogen and oxygen atoms in total. The second-order valence-electron chi connectivity index (χ2n) is 6.24. The molecule has 1 aromatic heterocycles. The second kappa shape index (κ2) is 10.7. The van der Waals surface area contributed by atoms with Crippen LogP contribution in [0.15, 0.2) is 18.2 Å². The molecule has 0 aliphatic heterocycles. The van der Waals surface area contributed by atoms with Crippen molar-refractivity contribution in [1.29, 1.82) is 0 Å². The van der Waals surface area contributed by atoms with Gasteiger partial charge < -0.3 is 14.3 Å². The first-order chi connectivity index (χ1) is 12.2. The molecule has 0 amide bonds. The normalized spacial score (nSPS) is 11.2. The lowest BCUT2D eigenvalue weighted by molar-refractivity contribution is -0.107. The Morgan fingerprint density at radius 3 is 2.52 bits per heavy atom. The van der Waals surface area contributed by atoms with Gasteiger partial charge in [0.1, 0.15) is 12.1 Å². The van der Waals surface area contributed by atoms with Crippen molar-refractivity contribution in [3.63, 3.8) is 0 Å². The van der Waals surface area contributed by atoms with Gasteiger partial charge in [0.2, 0.25) is 0 Å². The number of hydrogen-bond donors (Lipinski definition) is 0. The summed E-state index contributed by atoms with van der Waals surface area (Å²) in [6.45, 7) is 1.56. The third kappa shape index (κ3) is 5.61. The number of halogens is 2. The minimum Gasteiger partial charge on any atom is -0.369 e. The molecule has 25 heavy (non-hydrogen) atoms. The highest BCUT2D eigenvalue weighted by atomic mass is 35.5. The van der Waals surface area contributed by atoms with Crippen molar-refractivity contribution < 1.29 is 4.79 Å². The van der Waals surface area contributed by atoms with E-state index in [1.165, 1.54) is 0 Å². The smallest absolute Gasteiger partial charge is 0.119 e. The number of carbonyl (C=O) groups is 1. The van der Waals surface area contributed by atoms with Crippen LogP contribution >= 0.6 is 23.2 Å². The molecule has 1 heterocycles. The molecule has 1 aromatic carbocycles. The molecule has 0 fully saturated rings. The van der Waals surface area contributed by atoms with Crippen molar-refractivity contribution in [2.75, 3.05) is 29.7 Å². The minimum atomic E-state index is 0.576. The van der Waals surface area contributed by atoms with E-state index >= 15 is 0 Å². The number of aldehydes is 1. The van der Waals surface area contributed by atoms with Gasteiger partial charge in [0, 0.05) is 50.4 Å². The number of aromatic nitrogens is 2. The first-order valence-electron chi connectivity index (χ1n) is 8.97. The van der Waals surface area contributed by atoms with Gasteiger partial charge in [0.25, 0.3) is 0 Å². The van der Waals surface area contributed by atoms with Crippen molar-refractivity contribution >= 4 is 46.2 Å². The van der Waals surface area contributed by atoms with Crippen LogP contribution in [0.3, 0.4) is 0 Å². The van der Waals surface area contributed by atoms with Crippen LogP contribution in [0.2, 0.25) is 0 Å². The molecule has 0 unspecified atom stereocenters. The number of anilines is 1. The topological polar surface area (TPSA) is 38.1 Å². The Morgan fingerprint density at radius 1 is 1.12 bits per heavy atom. The van der Waals surface area contributed by atoms with E-state index in [0.29, 0.717) is 18.2 Å². The van der Waals surface area contributed by atoms with E-state index in [1.807, 2.05) is 0 Å². The average molecular weight is 384 g/mol. The highest BCUT2D eigenvalue weighted by Gasteiger charge is 2.11. The molecule has 0 atom stereocenters. The number of fused-ring (bicyclic) bond motifs is 1. The van der Waals surface area contributed by atoms with Gasteiger partial charge in [-0.05, 0) is 31.0 Å². The third-order valence-electron chi connectivity index (χ3n) is 4.50. The van der Waals surface area contributed by atoms with Crippen molar-refractivity contribution in [2.45, 2.75) is 38.5 Å². The summed E-state index contributed by atoms with van der Waals surface area (Å²) in [5.74, 6) is 2.27. The predicted octanol–water partition coefficient (Wildman–Crippen LogP) is 4.55. The molecule has 0 N–H and O–H groups in total. The number of rotatable bonds is 12. The Bertz CT molecular complexity index is 666. The maximum absolute atomic E-state index is 10.3. The molecule has 138 valence electrons. The molecule has 0 saturated heterocycles. The number of alkyl halides is 2. The zero-order chi connectivity index (χ0) is 18.1. The first kappa shape index (κ1) is 20.1. The van der Waals surface area contributed by atoms with E-state index in [1.54, 1.807) is 0 Å². The number of benzene rings is 1. The molecule has 0 spiro atoms. The summed E-state index contributed by atoms with van der Waals surface area (Å²) in [5, 5.41) is 0. The number of aryl methyl sites for hydroxylation is 2. The second-order valence-corrected chi connectivity index (χ2v) is 7.00. The molecule has 0 radical (unpaired) electrons. The van der Waals surface area contributed by atoms with Gasteiger partial charge in [0.05, 0.1) is 11.0 Å². The summed E-state index contributed by atoms with van der Waals surface area (Å²) in [6.07, 6.45) is 6.99. The van der Waals surface area contributed by atoms with Crippen LogP contribution in [0.5, 0.6) is 0 Å². The highest BCUT2D eigenvalue weighted by molar-refractivity contribution is 6.18. The Hall–Kier alpha value is -1.26. The first-order valence-corrected chi connectivity index (χ1v) is 10.0. The fourth-order valence-electron chi connectivity index (χ4n) is 3.10. The fraction of sp³-hybridized carbons (Fsp3) is 0.579. The molecule has 0 bridgehead atoms. The summed E-state index contributed by atoms with van der Waals surface area (Å²) in [5.41, 5.74) is 3.29. The van der Waals surface area contributed by atoms with Crippen LogP contribution in [-0.4, -0.2) is 40.7 Å². The molecular formula is C19H27Cl2N3O. The number of unbranched alkanes of at least 4 members (excludes halogenated alkanes) is 4. The van der Waals surface area contributed by atoms with Crippen molar-refractivity contribution in [2.24, 2.45) is 7.05 Å². The van der Waals surface area contributed by atoms with Crippen LogP contribution in [0.25, 0.3) is 11.0 Å². The van der Waals surface area contributed by atoms with Crippen LogP contribution < -0.4 is 4.90 Å². The molecule has 0 saturated carbocycles.